The van der Waals surface area contributed by atoms with E-state index in [4.69, 9.17) is 0 Å². The van der Waals surface area contributed by atoms with Gasteiger partial charge < -0.3 is 15.1 Å². The fraction of sp³-hybridized carbons (Fsp3) is 0.312. The molecule has 0 atom stereocenters. The molecular weight excluding hydrogens is 504 g/mol. The maximum atomic E-state index is 13.6. The molecule has 0 aliphatic carbocycles. The smallest absolute Gasteiger partial charge is 0.265 e. The van der Waals surface area contributed by atoms with Crippen LogP contribution in [0.5, 0.6) is 0 Å². The first kappa shape index (κ1) is 27.2. The van der Waals surface area contributed by atoms with Gasteiger partial charge in [0, 0.05) is 49.7 Å². The van der Waals surface area contributed by atoms with Gasteiger partial charge in [-0.3, -0.25) is 14.5 Å². The Balaban J connectivity index is 1.23. The lowest BCUT2D eigenvalue weighted by Crippen LogP contribution is -2.48. The van der Waals surface area contributed by atoms with Crippen molar-refractivity contribution in [2.75, 3.05) is 50.7 Å². The lowest BCUT2D eigenvalue weighted by Gasteiger charge is -2.33. The van der Waals surface area contributed by atoms with Gasteiger partial charge in [-0.1, -0.05) is 72.8 Å². The molecule has 7 heteroatoms. The summed E-state index contributed by atoms with van der Waals surface area (Å²) in [5.41, 5.74) is 4.73. The van der Waals surface area contributed by atoms with Crippen molar-refractivity contribution in [1.29, 1.82) is 0 Å². The molecule has 3 aromatic rings. The number of para-hydroxylation sites is 1. The Labute approximate surface area is 235 Å². The van der Waals surface area contributed by atoms with Gasteiger partial charge in [-0.25, -0.2) is 0 Å². The number of benzene rings is 3. The molecule has 1 fully saturated rings. The molecule has 6 nitrogen and oxygen atoms in total. The van der Waals surface area contributed by atoms with Crippen molar-refractivity contribution in [2.24, 2.45) is 0 Å². The molecule has 2 heterocycles. The minimum absolute atomic E-state index is 0.0122. The Hall–Kier alpha value is -3.39. The number of piperazine rings is 1. The van der Waals surface area contributed by atoms with Gasteiger partial charge in [0.15, 0.2) is 0 Å². The zero-order chi connectivity index (χ0) is 27.2. The maximum absolute atomic E-state index is 13.6. The number of hydrogen-bond donors (Lipinski definition) is 1. The first-order chi connectivity index (χ1) is 19.0. The Morgan fingerprint density at radius 3 is 2.44 bits per heavy atom. The molecule has 0 unspecified atom stereocenters. The third kappa shape index (κ3) is 6.79. The summed E-state index contributed by atoms with van der Waals surface area (Å²) in [4.78, 5) is 34.7. The molecule has 202 valence electrons. The highest BCUT2D eigenvalue weighted by Crippen LogP contribution is 2.42. The Morgan fingerprint density at radius 1 is 0.949 bits per heavy atom. The van der Waals surface area contributed by atoms with Crippen molar-refractivity contribution in [1.82, 2.24) is 15.1 Å². The minimum Gasteiger partial charge on any atom is -0.351 e. The molecule has 2 aliphatic rings. The molecule has 3 aromatic carbocycles. The number of aryl methyl sites for hydroxylation is 1. The Morgan fingerprint density at radius 2 is 1.69 bits per heavy atom. The molecule has 0 aromatic heterocycles. The van der Waals surface area contributed by atoms with Crippen molar-refractivity contribution in [3.63, 3.8) is 0 Å². The number of hydrogen-bond acceptors (Lipinski definition) is 5. The Kier molecular flexibility index (Phi) is 8.81. The van der Waals surface area contributed by atoms with E-state index in [9.17, 15) is 9.59 Å². The summed E-state index contributed by atoms with van der Waals surface area (Å²) in [6.45, 7) is 11.7. The predicted octanol–water partition coefficient (Wildman–Crippen LogP) is 5.04. The Bertz CT molecular complexity index is 1350. The van der Waals surface area contributed by atoms with Crippen LogP contribution in [0.25, 0.3) is 6.08 Å². The molecule has 5 rings (SSSR count). The highest BCUT2D eigenvalue weighted by Gasteiger charge is 2.29. The zero-order valence-corrected chi connectivity index (χ0v) is 23.5. The second-order valence-electron chi connectivity index (χ2n) is 10.1. The molecule has 1 saturated heterocycles. The van der Waals surface area contributed by atoms with E-state index in [-0.39, 0.29) is 11.8 Å². The summed E-state index contributed by atoms with van der Waals surface area (Å²) in [6.07, 6.45) is 1.92. The number of rotatable bonds is 8. The number of fused-ring (bicyclic) bond motifs is 1. The SMILES string of the molecule is CCN1CCN(CCNC(=O)c2ccc(C=C3Sc4ccccc4N(Cc4cccc(C)c4)C3=O)cc2)CC1. The van der Waals surface area contributed by atoms with Gasteiger partial charge in [0.1, 0.15) is 0 Å². The molecule has 2 aliphatic heterocycles. The quantitative estimate of drug-likeness (QED) is 0.406. The summed E-state index contributed by atoms with van der Waals surface area (Å²) < 4.78 is 0. The fourth-order valence-corrected chi connectivity index (χ4v) is 6.11. The van der Waals surface area contributed by atoms with Gasteiger partial charge in [-0.05, 0) is 54.9 Å². The minimum atomic E-state index is -0.0669. The largest absolute Gasteiger partial charge is 0.351 e. The van der Waals surface area contributed by atoms with Crippen molar-refractivity contribution >= 4 is 35.3 Å². The van der Waals surface area contributed by atoms with Crippen molar-refractivity contribution < 1.29 is 9.59 Å². The lowest BCUT2D eigenvalue weighted by molar-refractivity contribution is -0.114. The molecule has 0 saturated carbocycles. The van der Waals surface area contributed by atoms with Gasteiger partial charge in [0.2, 0.25) is 0 Å². The molecular formula is C32H36N4O2S. The maximum Gasteiger partial charge on any atom is 0.265 e. The van der Waals surface area contributed by atoms with E-state index in [0.29, 0.717) is 23.6 Å². The van der Waals surface area contributed by atoms with Crippen LogP contribution in [0.4, 0.5) is 5.69 Å². The normalized spacial score (nSPS) is 17.3. The lowest BCUT2D eigenvalue weighted by atomic mass is 10.1. The second-order valence-corrected chi connectivity index (χ2v) is 11.2. The number of amides is 2. The molecule has 0 radical (unpaired) electrons. The summed E-state index contributed by atoms with van der Waals surface area (Å²) in [5.74, 6) is -0.0791. The van der Waals surface area contributed by atoms with Crippen LogP contribution in [0.2, 0.25) is 0 Å². The summed E-state index contributed by atoms with van der Waals surface area (Å²) in [5, 5.41) is 3.05. The first-order valence-corrected chi connectivity index (χ1v) is 14.5. The topological polar surface area (TPSA) is 55.9 Å². The van der Waals surface area contributed by atoms with Crippen LogP contribution in [0.1, 0.15) is 34.0 Å². The van der Waals surface area contributed by atoms with E-state index < -0.39 is 0 Å². The summed E-state index contributed by atoms with van der Waals surface area (Å²) in [6, 6.07) is 23.8. The number of nitrogens with one attached hydrogen (secondary N) is 1. The highest BCUT2D eigenvalue weighted by atomic mass is 32.2. The van der Waals surface area contributed by atoms with Crippen LogP contribution in [-0.4, -0.2) is 67.4 Å². The van der Waals surface area contributed by atoms with Gasteiger partial charge in [-0.2, -0.15) is 0 Å². The van der Waals surface area contributed by atoms with E-state index in [1.165, 1.54) is 17.3 Å². The van der Waals surface area contributed by atoms with Gasteiger partial charge >= 0.3 is 0 Å². The van der Waals surface area contributed by atoms with Gasteiger partial charge in [-0.15, -0.1) is 0 Å². The van der Waals surface area contributed by atoms with E-state index in [0.717, 1.165) is 61.0 Å². The van der Waals surface area contributed by atoms with E-state index in [2.05, 4.69) is 53.2 Å². The van der Waals surface area contributed by atoms with Crippen molar-refractivity contribution in [3.8, 4) is 0 Å². The fourth-order valence-electron chi connectivity index (χ4n) is 5.05. The summed E-state index contributed by atoms with van der Waals surface area (Å²) >= 11 is 1.50. The molecule has 2 amide bonds. The number of carbonyl (C=O) groups excluding carboxylic acids is 2. The average Bonchev–Trinajstić information content (AvgIpc) is 2.96. The zero-order valence-electron chi connectivity index (χ0n) is 22.7. The first-order valence-electron chi connectivity index (χ1n) is 13.7. The molecule has 0 spiro atoms. The highest BCUT2D eigenvalue weighted by molar-refractivity contribution is 8.04. The number of anilines is 1. The van der Waals surface area contributed by atoms with Crippen molar-refractivity contribution in [2.45, 2.75) is 25.3 Å². The van der Waals surface area contributed by atoms with Crippen LogP contribution >= 0.6 is 11.8 Å². The van der Waals surface area contributed by atoms with Crippen LogP contribution in [0.3, 0.4) is 0 Å². The van der Waals surface area contributed by atoms with Crippen LogP contribution < -0.4 is 10.2 Å². The third-order valence-corrected chi connectivity index (χ3v) is 8.43. The van der Waals surface area contributed by atoms with Gasteiger partial charge in [0.25, 0.3) is 11.8 Å². The number of carbonyl (C=O) groups is 2. The number of thioether (sulfide) groups is 1. The molecule has 0 bridgehead atoms. The molecule has 39 heavy (non-hydrogen) atoms. The molecule has 1 N–H and O–H groups in total. The number of nitrogens with zero attached hydrogens (tertiary/aromatic N) is 3. The van der Waals surface area contributed by atoms with Crippen LogP contribution in [-0.2, 0) is 11.3 Å². The summed E-state index contributed by atoms with van der Waals surface area (Å²) in [7, 11) is 0. The second kappa shape index (κ2) is 12.6. The predicted molar refractivity (Wildman–Crippen MR) is 160 cm³/mol. The van der Waals surface area contributed by atoms with Gasteiger partial charge in [0.05, 0.1) is 17.1 Å². The van der Waals surface area contributed by atoms with E-state index in [1.54, 1.807) is 0 Å². The van der Waals surface area contributed by atoms with Crippen LogP contribution in [0.15, 0.2) is 82.6 Å². The number of likely N-dealkylation sites (N-methyl/N-ethyl adjacent to an activating group) is 1. The van der Waals surface area contributed by atoms with Crippen molar-refractivity contribution in [3.05, 3.63) is 100.0 Å². The van der Waals surface area contributed by atoms with E-state index >= 15 is 0 Å². The van der Waals surface area contributed by atoms with E-state index in [1.807, 2.05) is 59.5 Å². The average molecular weight is 541 g/mol. The monoisotopic (exact) mass is 540 g/mol. The van der Waals surface area contributed by atoms with Crippen LogP contribution in [0, 0.1) is 6.92 Å². The third-order valence-electron chi connectivity index (χ3n) is 7.35. The standard InChI is InChI=1S/C32H36N4O2S/c1-3-34-17-19-35(20-18-34)16-15-33-31(37)27-13-11-25(12-14-27)22-30-32(38)36(23-26-8-6-7-24(2)21-26)28-9-4-5-10-29(28)39-30/h4-14,21-22H,3,15-20,23H2,1-2H3,(H,33,37).